The first-order valence-corrected chi connectivity index (χ1v) is 42.4. The number of allylic oxidation sites excluding steroid dienone is 2. The lowest BCUT2D eigenvalue weighted by Gasteiger charge is -2.22. The van der Waals surface area contributed by atoms with Gasteiger partial charge in [0.2, 0.25) is 5.91 Å². The van der Waals surface area contributed by atoms with E-state index in [-0.39, 0.29) is 18.5 Å². The van der Waals surface area contributed by atoms with Gasteiger partial charge in [-0.2, -0.15) is 0 Å². The third-order valence-corrected chi connectivity index (χ3v) is 20.3. The highest BCUT2D eigenvalue weighted by molar-refractivity contribution is 5.76. The fraction of sp³-hybridized carbons (Fsp3) is 0.953. The van der Waals surface area contributed by atoms with Gasteiger partial charge in [0.25, 0.3) is 0 Å². The molecule has 542 valence electrons. The summed E-state index contributed by atoms with van der Waals surface area (Å²) in [7, 11) is 0. The Hall–Kier alpha value is -1.40. The number of carbonyl (C=O) groups excluding carboxylic acids is 2. The minimum atomic E-state index is -0.663. The molecule has 3 N–H and O–H groups in total. The van der Waals surface area contributed by atoms with E-state index in [2.05, 4.69) is 31.3 Å². The number of ether oxygens (including phenoxy) is 1. The zero-order valence-electron chi connectivity index (χ0n) is 62.4. The van der Waals surface area contributed by atoms with Crippen molar-refractivity contribution >= 4 is 11.9 Å². The molecule has 2 unspecified atom stereocenters. The summed E-state index contributed by atoms with van der Waals surface area (Å²) >= 11 is 0. The van der Waals surface area contributed by atoms with Crippen LogP contribution >= 0.6 is 0 Å². The van der Waals surface area contributed by atoms with Crippen LogP contribution in [0.4, 0.5) is 0 Å². The predicted octanol–water partition coefficient (Wildman–Crippen LogP) is 28.2. The van der Waals surface area contributed by atoms with Crippen LogP contribution in [0.1, 0.15) is 495 Å². The quantitative estimate of drug-likeness (QED) is 0.0320. The molecule has 6 heteroatoms. The van der Waals surface area contributed by atoms with Crippen molar-refractivity contribution in [1.29, 1.82) is 0 Å². The zero-order chi connectivity index (χ0) is 65.6. The average molecular weight is 1280 g/mol. The fourth-order valence-electron chi connectivity index (χ4n) is 13.9. The number of amides is 1. The zero-order valence-corrected chi connectivity index (χ0v) is 62.4. The molecular formula is C85H167NO5. The summed E-state index contributed by atoms with van der Waals surface area (Å²) in [6.07, 6.45) is 103. The van der Waals surface area contributed by atoms with Gasteiger partial charge in [0.05, 0.1) is 25.4 Å². The Kier molecular flexibility index (Phi) is 79.8. The maximum atomic E-state index is 12.6. The standard InChI is InChI=1S/C85H167NO5/c1-3-5-7-9-11-13-15-17-19-21-23-24-38-42-45-49-53-57-61-65-69-73-77-83(88)82(81-87)86-84(89)78-74-70-66-62-58-54-50-46-43-39-36-34-32-30-28-26-25-27-29-31-33-35-37-40-44-48-52-56-60-64-68-72-76-80-91-85(90)79-75-71-67-63-59-55-51-47-41-22-20-18-16-14-12-10-8-6-4-2/h29,31,82-83,87-88H,3-28,30,32-81H2,1-2H3,(H,86,89)/b31-29-. The van der Waals surface area contributed by atoms with Crippen LogP contribution in [-0.2, 0) is 14.3 Å². The first-order chi connectivity index (χ1) is 45.0. The van der Waals surface area contributed by atoms with Gasteiger partial charge < -0.3 is 20.3 Å². The number of aliphatic hydroxyl groups is 2. The van der Waals surface area contributed by atoms with Gasteiger partial charge in [0.15, 0.2) is 0 Å². The average Bonchev–Trinajstić information content (AvgIpc) is 3.64. The summed E-state index contributed by atoms with van der Waals surface area (Å²) in [5.41, 5.74) is 0. The van der Waals surface area contributed by atoms with Crippen LogP contribution in [0, 0.1) is 0 Å². The van der Waals surface area contributed by atoms with Gasteiger partial charge in [-0.05, 0) is 51.4 Å². The Labute approximate surface area is 571 Å². The van der Waals surface area contributed by atoms with Crippen molar-refractivity contribution in [3.8, 4) is 0 Å². The van der Waals surface area contributed by atoms with E-state index in [0.29, 0.717) is 25.9 Å². The van der Waals surface area contributed by atoms with Gasteiger partial charge in [-0.15, -0.1) is 0 Å². The molecule has 0 aliphatic heterocycles. The van der Waals surface area contributed by atoms with Crippen LogP contribution in [0.2, 0.25) is 0 Å². The second-order valence-corrected chi connectivity index (χ2v) is 29.5. The van der Waals surface area contributed by atoms with Crippen molar-refractivity contribution < 1.29 is 24.5 Å². The minimum Gasteiger partial charge on any atom is -0.466 e. The van der Waals surface area contributed by atoms with Crippen LogP contribution in [0.15, 0.2) is 12.2 Å². The summed E-state index contributed by atoms with van der Waals surface area (Å²) in [5, 5.41) is 23.5. The molecule has 0 aromatic rings. The molecule has 0 heterocycles. The van der Waals surface area contributed by atoms with Gasteiger partial charge in [0, 0.05) is 12.8 Å². The molecule has 0 saturated carbocycles. The Morgan fingerprint density at radius 2 is 0.516 bits per heavy atom. The number of unbranched alkanes of at least 4 members (excludes halogenated alkanes) is 68. The minimum absolute atomic E-state index is 0.0250. The normalized spacial score (nSPS) is 12.4. The molecule has 0 aromatic heterocycles. The topological polar surface area (TPSA) is 95.9 Å². The second kappa shape index (κ2) is 81.0. The van der Waals surface area contributed by atoms with Crippen LogP contribution in [0.5, 0.6) is 0 Å². The molecule has 0 radical (unpaired) electrons. The molecule has 0 fully saturated rings. The van der Waals surface area contributed by atoms with Gasteiger partial charge in [-0.1, -0.05) is 443 Å². The van der Waals surface area contributed by atoms with Crippen molar-refractivity contribution in [3.63, 3.8) is 0 Å². The number of esters is 1. The van der Waals surface area contributed by atoms with Crippen molar-refractivity contribution in [3.05, 3.63) is 12.2 Å². The van der Waals surface area contributed by atoms with Gasteiger partial charge >= 0.3 is 5.97 Å². The molecule has 2 atom stereocenters. The molecule has 0 aliphatic carbocycles. The van der Waals surface area contributed by atoms with E-state index in [1.165, 1.54) is 424 Å². The highest BCUT2D eigenvalue weighted by atomic mass is 16.5. The summed E-state index contributed by atoms with van der Waals surface area (Å²) in [4.78, 5) is 24.7. The maximum Gasteiger partial charge on any atom is 0.305 e. The predicted molar refractivity (Wildman–Crippen MR) is 403 cm³/mol. The molecule has 1 amide bonds. The monoisotopic (exact) mass is 1280 g/mol. The Morgan fingerprint density at radius 3 is 0.780 bits per heavy atom. The van der Waals surface area contributed by atoms with Gasteiger partial charge in [0.1, 0.15) is 0 Å². The number of rotatable bonds is 81. The number of aliphatic hydroxyl groups excluding tert-OH is 2. The largest absolute Gasteiger partial charge is 0.466 e. The van der Waals surface area contributed by atoms with E-state index < -0.39 is 12.1 Å². The fourth-order valence-corrected chi connectivity index (χ4v) is 13.9. The molecule has 6 nitrogen and oxygen atoms in total. The Bertz CT molecular complexity index is 1380. The van der Waals surface area contributed by atoms with Crippen molar-refractivity contribution in [2.45, 2.75) is 508 Å². The third kappa shape index (κ3) is 77.5. The smallest absolute Gasteiger partial charge is 0.305 e. The maximum absolute atomic E-state index is 12.6. The molecule has 0 aromatic carbocycles. The first-order valence-electron chi connectivity index (χ1n) is 42.4. The Balaban J connectivity index is 3.33. The second-order valence-electron chi connectivity index (χ2n) is 29.5. The van der Waals surface area contributed by atoms with Crippen molar-refractivity contribution in [1.82, 2.24) is 5.32 Å². The summed E-state index contributed by atoms with van der Waals surface area (Å²) < 4.78 is 5.52. The third-order valence-electron chi connectivity index (χ3n) is 20.3. The molecule has 0 rings (SSSR count). The van der Waals surface area contributed by atoms with Crippen molar-refractivity contribution in [2.24, 2.45) is 0 Å². The van der Waals surface area contributed by atoms with Gasteiger partial charge in [-0.3, -0.25) is 9.59 Å². The van der Waals surface area contributed by atoms with Crippen LogP contribution in [-0.4, -0.2) is 47.4 Å². The molecule has 0 aliphatic rings. The summed E-state index contributed by atoms with van der Waals surface area (Å²) in [6, 6.07) is -0.540. The lowest BCUT2D eigenvalue weighted by Crippen LogP contribution is -2.45. The first kappa shape index (κ1) is 89.6. The number of hydrogen-bond acceptors (Lipinski definition) is 5. The van der Waals surface area contributed by atoms with E-state index >= 15 is 0 Å². The SMILES string of the molecule is CCCCCCCCCCCCCCCCCCCCCCCCC(O)C(CO)NC(=O)CCCCCCCCCCCCCCCCCCC/C=C\CCCCCCCCCCCCCCOC(=O)CCCCCCCCCCCCCCCCCCCCC. The van der Waals surface area contributed by atoms with E-state index in [4.69, 9.17) is 4.74 Å². The van der Waals surface area contributed by atoms with Crippen molar-refractivity contribution in [2.75, 3.05) is 13.2 Å². The van der Waals surface area contributed by atoms with E-state index in [9.17, 15) is 19.8 Å². The number of carbonyl (C=O) groups is 2. The van der Waals surface area contributed by atoms with E-state index in [0.717, 1.165) is 38.5 Å². The highest BCUT2D eigenvalue weighted by Gasteiger charge is 2.20. The van der Waals surface area contributed by atoms with Crippen LogP contribution < -0.4 is 5.32 Å². The van der Waals surface area contributed by atoms with Crippen LogP contribution in [0.3, 0.4) is 0 Å². The summed E-state index contributed by atoms with van der Waals surface area (Å²) in [5.74, 6) is -0.000637. The van der Waals surface area contributed by atoms with E-state index in [1.54, 1.807) is 0 Å². The van der Waals surface area contributed by atoms with Gasteiger partial charge in [-0.25, -0.2) is 0 Å². The molecule has 0 spiro atoms. The lowest BCUT2D eigenvalue weighted by molar-refractivity contribution is -0.143. The molecule has 91 heavy (non-hydrogen) atoms. The van der Waals surface area contributed by atoms with E-state index in [1.807, 2.05) is 0 Å². The highest BCUT2D eigenvalue weighted by Crippen LogP contribution is 2.21. The lowest BCUT2D eigenvalue weighted by atomic mass is 10.0. The molecule has 0 bridgehead atoms. The number of hydrogen-bond donors (Lipinski definition) is 3. The number of nitrogens with one attached hydrogen (secondary N) is 1. The molecule has 0 saturated heterocycles. The summed E-state index contributed by atoms with van der Waals surface area (Å²) in [6.45, 7) is 5.02. The Morgan fingerprint density at radius 1 is 0.297 bits per heavy atom. The molecular weight excluding hydrogens is 1110 g/mol. The van der Waals surface area contributed by atoms with Crippen LogP contribution in [0.25, 0.3) is 0 Å².